The highest BCUT2D eigenvalue weighted by Crippen LogP contribution is 2.30. The molecule has 0 saturated carbocycles. The van der Waals surface area contributed by atoms with Crippen LogP contribution in [-0.2, 0) is 0 Å². The number of primary amides is 1. The van der Waals surface area contributed by atoms with Gasteiger partial charge in [0.1, 0.15) is 11.6 Å². The summed E-state index contributed by atoms with van der Waals surface area (Å²) in [6, 6.07) is 13.0. The summed E-state index contributed by atoms with van der Waals surface area (Å²) in [4.78, 5) is 10.7. The maximum absolute atomic E-state index is 13.2. The van der Waals surface area contributed by atoms with Crippen LogP contribution in [0.2, 0.25) is 0 Å². The monoisotopic (exact) mass is 231 g/mol. The zero-order chi connectivity index (χ0) is 12.3. The normalized spacial score (nSPS) is 9.94. The van der Waals surface area contributed by atoms with Gasteiger partial charge in [-0.1, -0.05) is 30.3 Å². The quantitative estimate of drug-likeness (QED) is 0.863. The Bertz CT molecular complexity index is 540. The van der Waals surface area contributed by atoms with E-state index in [0.29, 0.717) is 5.56 Å². The van der Waals surface area contributed by atoms with Gasteiger partial charge in [-0.3, -0.25) is 0 Å². The van der Waals surface area contributed by atoms with E-state index in [2.05, 4.69) is 0 Å². The van der Waals surface area contributed by atoms with E-state index in [1.54, 1.807) is 12.1 Å². The second-order valence-corrected chi connectivity index (χ2v) is 3.43. The highest BCUT2D eigenvalue weighted by atomic mass is 19.1. The predicted octanol–water partition coefficient (Wildman–Crippen LogP) is 2.95. The fraction of sp³-hybridized carbons (Fsp3) is 0. The minimum Gasteiger partial charge on any atom is -0.410 e. The van der Waals surface area contributed by atoms with E-state index in [0.717, 1.165) is 5.56 Å². The minimum absolute atomic E-state index is 0.241. The SMILES string of the molecule is NC(=O)Oc1ccc(F)cc1-c1ccccc1. The lowest BCUT2D eigenvalue weighted by Crippen LogP contribution is -2.16. The number of amides is 1. The Morgan fingerprint density at radius 3 is 2.47 bits per heavy atom. The van der Waals surface area contributed by atoms with Crippen LogP contribution in [0.5, 0.6) is 5.75 Å². The van der Waals surface area contributed by atoms with E-state index in [1.807, 2.05) is 18.2 Å². The summed E-state index contributed by atoms with van der Waals surface area (Å²) in [5.41, 5.74) is 6.20. The van der Waals surface area contributed by atoms with Gasteiger partial charge in [0.15, 0.2) is 0 Å². The molecular weight excluding hydrogens is 221 g/mol. The standard InChI is InChI=1S/C13H10FNO2/c14-10-6-7-12(17-13(15)16)11(8-10)9-4-2-1-3-5-9/h1-8H,(H2,15,16). The molecule has 86 valence electrons. The first-order valence-corrected chi connectivity index (χ1v) is 4.99. The van der Waals surface area contributed by atoms with E-state index >= 15 is 0 Å². The second-order valence-electron chi connectivity index (χ2n) is 3.43. The van der Waals surface area contributed by atoms with Crippen molar-refractivity contribution in [3.63, 3.8) is 0 Å². The molecule has 0 heterocycles. The van der Waals surface area contributed by atoms with Crippen LogP contribution in [0.25, 0.3) is 11.1 Å². The molecule has 1 amide bonds. The van der Waals surface area contributed by atoms with Crippen LogP contribution in [0.3, 0.4) is 0 Å². The van der Waals surface area contributed by atoms with Crippen LogP contribution in [0.1, 0.15) is 0 Å². The molecule has 0 radical (unpaired) electrons. The van der Waals surface area contributed by atoms with Crippen LogP contribution in [0.4, 0.5) is 9.18 Å². The minimum atomic E-state index is -0.922. The number of hydrogen-bond acceptors (Lipinski definition) is 2. The molecule has 0 fully saturated rings. The molecule has 17 heavy (non-hydrogen) atoms. The highest BCUT2D eigenvalue weighted by molar-refractivity contribution is 5.76. The van der Waals surface area contributed by atoms with Gasteiger partial charge in [0.2, 0.25) is 0 Å². The first-order valence-electron chi connectivity index (χ1n) is 4.99. The molecule has 2 aromatic carbocycles. The van der Waals surface area contributed by atoms with Crippen molar-refractivity contribution in [2.45, 2.75) is 0 Å². The number of rotatable bonds is 2. The number of carbonyl (C=O) groups is 1. The zero-order valence-electron chi connectivity index (χ0n) is 8.89. The summed E-state index contributed by atoms with van der Waals surface area (Å²) >= 11 is 0. The summed E-state index contributed by atoms with van der Waals surface area (Å²) in [7, 11) is 0. The predicted molar refractivity (Wildman–Crippen MR) is 62.0 cm³/mol. The van der Waals surface area contributed by atoms with Crippen molar-refractivity contribution in [3.05, 3.63) is 54.3 Å². The van der Waals surface area contributed by atoms with Gasteiger partial charge in [0.05, 0.1) is 0 Å². The molecule has 2 aromatic rings. The van der Waals surface area contributed by atoms with E-state index in [-0.39, 0.29) is 5.75 Å². The van der Waals surface area contributed by atoms with Crippen molar-refractivity contribution >= 4 is 6.09 Å². The number of ether oxygens (including phenoxy) is 1. The molecule has 0 spiro atoms. The number of hydrogen-bond donors (Lipinski definition) is 1. The number of carbonyl (C=O) groups excluding carboxylic acids is 1. The molecule has 0 aromatic heterocycles. The highest BCUT2D eigenvalue weighted by Gasteiger charge is 2.09. The number of benzene rings is 2. The van der Waals surface area contributed by atoms with Gasteiger partial charge in [-0.2, -0.15) is 0 Å². The topological polar surface area (TPSA) is 52.3 Å². The smallest absolute Gasteiger partial charge is 0.409 e. The maximum Gasteiger partial charge on any atom is 0.409 e. The van der Waals surface area contributed by atoms with Crippen LogP contribution >= 0.6 is 0 Å². The van der Waals surface area contributed by atoms with Gasteiger partial charge in [0.25, 0.3) is 0 Å². The van der Waals surface area contributed by atoms with E-state index in [4.69, 9.17) is 10.5 Å². The summed E-state index contributed by atoms with van der Waals surface area (Å²) in [6.07, 6.45) is -0.922. The first-order chi connectivity index (χ1) is 8.16. The van der Waals surface area contributed by atoms with Crippen LogP contribution < -0.4 is 10.5 Å². The van der Waals surface area contributed by atoms with E-state index < -0.39 is 11.9 Å². The lowest BCUT2D eigenvalue weighted by atomic mass is 10.0. The molecule has 0 atom stereocenters. The van der Waals surface area contributed by atoms with Gasteiger partial charge < -0.3 is 10.5 Å². The fourth-order valence-electron chi connectivity index (χ4n) is 1.54. The van der Waals surface area contributed by atoms with Crippen molar-refractivity contribution in [2.75, 3.05) is 0 Å². The van der Waals surface area contributed by atoms with Gasteiger partial charge in [0, 0.05) is 5.56 Å². The van der Waals surface area contributed by atoms with Crippen molar-refractivity contribution in [1.82, 2.24) is 0 Å². The molecule has 0 unspecified atom stereocenters. The molecule has 2 rings (SSSR count). The fourth-order valence-corrected chi connectivity index (χ4v) is 1.54. The molecule has 3 nitrogen and oxygen atoms in total. The Morgan fingerprint density at radius 2 is 1.82 bits per heavy atom. The maximum atomic E-state index is 13.2. The molecule has 0 aliphatic carbocycles. The van der Waals surface area contributed by atoms with E-state index in [9.17, 15) is 9.18 Å². The zero-order valence-corrected chi connectivity index (χ0v) is 8.89. The Labute approximate surface area is 97.6 Å². The molecular formula is C13H10FNO2. The van der Waals surface area contributed by atoms with Crippen molar-refractivity contribution in [3.8, 4) is 16.9 Å². The van der Waals surface area contributed by atoms with Gasteiger partial charge >= 0.3 is 6.09 Å². The second kappa shape index (κ2) is 4.65. The third-order valence-electron chi connectivity index (χ3n) is 2.24. The molecule has 0 bridgehead atoms. The lowest BCUT2D eigenvalue weighted by Gasteiger charge is -2.08. The average Bonchev–Trinajstić information content (AvgIpc) is 2.32. The van der Waals surface area contributed by atoms with Gasteiger partial charge in [-0.25, -0.2) is 9.18 Å². The number of nitrogens with two attached hydrogens (primary N) is 1. The first kappa shape index (κ1) is 11.1. The van der Waals surface area contributed by atoms with Crippen molar-refractivity contribution < 1.29 is 13.9 Å². The van der Waals surface area contributed by atoms with Crippen molar-refractivity contribution in [1.29, 1.82) is 0 Å². The van der Waals surface area contributed by atoms with Crippen LogP contribution in [-0.4, -0.2) is 6.09 Å². The van der Waals surface area contributed by atoms with Gasteiger partial charge in [-0.05, 0) is 23.8 Å². The van der Waals surface area contributed by atoms with Gasteiger partial charge in [-0.15, -0.1) is 0 Å². The van der Waals surface area contributed by atoms with Crippen LogP contribution in [0, 0.1) is 5.82 Å². The summed E-state index contributed by atoms with van der Waals surface area (Å²) in [6.45, 7) is 0. The Morgan fingerprint density at radius 1 is 1.12 bits per heavy atom. The molecule has 0 aliphatic rings. The molecule has 2 N–H and O–H groups in total. The Balaban J connectivity index is 2.51. The largest absolute Gasteiger partial charge is 0.410 e. The molecule has 0 saturated heterocycles. The van der Waals surface area contributed by atoms with Crippen LogP contribution in [0.15, 0.2) is 48.5 Å². The lowest BCUT2D eigenvalue weighted by molar-refractivity contribution is 0.211. The Hall–Kier alpha value is -2.36. The summed E-state index contributed by atoms with van der Waals surface area (Å²) < 4.78 is 18.0. The summed E-state index contributed by atoms with van der Waals surface area (Å²) in [5, 5.41) is 0. The van der Waals surface area contributed by atoms with Crippen molar-refractivity contribution in [2.24, 2.45) is 5.73 Å². The molecule has 0 aliphatic heterocycles. The third-order valence-corrected chi connectivity index (χ3v) is 2.24. The van der Waals surface area contributed by atoms with E-state index in [1.165, 1.54) is 18.2 Å². The Kier molecular flexibility index (Phi) is 3.05. The third kappa shape index (κ3) is 2.60. The molecule has 4 heteroatoms. The average molecular weight is 231 g/mol. The summed E-state index contributed by atoms with van der Waals surface area (Å²) in [5.74, 6) is -0.161. The number of halogens is 1.